The molecule has 0 atom stereocenters. The normalized spacial score (nSPS) is 15.1. The lowest BCUT2D eigenvalue weighted by atomic mass is 9.95. The number of hydrogen-bond donors (Lipinski definition) is 1. The van der Waals surface area contributed by atoms with Gasteiger partial charge in [0.1, 0.15) is 0 Å². The van der Waals surface area contributed by atoms with Crippen molar-refractivity contribution in [3.8, 4) is 0 Å². The Balaban J connectivity index is 1.46. The fraction of sp³-hybridized carbons (Fsp3) is 0.417. The van der Waals surface area contributed by atoms with Gasteiger partial charge in [-0.05, 0) is 62.3 Å². The van der Waals surface area contributed by atoms with Gasteiger partial charge in [-0.15, -0.1) is 0 Å². The Hall–Kier alpha value is -2.87. The molecule has 1 fully saturated rings. The van der Waals surface area contributed by atoms with Crippen LogP contribution in [0.15, 0.2) is 48.5 Å². The van der Waals surface area contributed by atoms with Crippen molar-refractivity contribution in [2.45, 2.75) is 32.1 Å². The molecule has 3 rings (SSSR count). The molecule has 0 radical (unpaired) electrons. The number of halogens is 3. The number of likely N-dealkylation sites (tertiary alicyclic amines) is 1. The van der Waals surface area contributed by atoms with Crippen molar-refractivity contribution in [3.05, 3.63) is 70.8 Å². The van der Waals surface area contributed by atoms with Crippen LogP contribution >= 0.6 is 0 Å². The SMILES string of the molecule is CN(C)Cc1ccc(CNC(=O)C2CCN(C(=O)c3ccc(C(F)(F)F)cc3)CC2)cc1. The molecule has 2 amide bonds. The number of amides is 2. The molecule has 0 aromatic heterocycles. The Labute approximate surface area is 186 Å². The number of hydrogen-bond acceptors (Lipinski definition) is 3. The molecule has 1 aliphatic heterocycles. The van der Waals surface area contributed by atoms with E-state index in [4.69, 9.17) is 0 Å². The van der Waals surface area contributed by atoms with E-state index in [-0.39, 0.29) is 23.3 Å². The highest BCUT2D eigenvalue weighted by molar-refractivity contribution is 5.94. The minimum Gasteiger partial charge on any atom is -0.352 e. The minimum absolute atomic E-state index is 0.0380. The van der Waals surface area contributed by atoms with Gasteiger partial charge in [-0.2, -0.15) is 13.2 Å². The fourth-order valence-corrected chi connectivity index (χ4v) is 3.79. The molecule has 2 aromatic rings. The molecule has 1 heterocycles. The highest BCUT2D eigenvalue weighted by Crippen LogP contribution is 2.29. The van der Waals surface area contributed by atoms with E-state index in [1.54, 1.807) is 4.90 Å². The highest BCUT2D eigenvalue weighted by Gasteiger charge is 2.31. The second-order valence-electron chi connectivity index (χ2n) is 8.41. The summed E-state index contributed by atoms with van der Waals surface area (Å²) in [4.78, 5) is 28.8. The first-order chi connectivity index (χ1) is 15.1. The van der Waals surface area contributed by atoms with Gasteiger partial charge in [0.15, 0.2) is 0 Å². The van der Waals surface area contributed by atoms with Crippen molar-refractivity contribution >= 4 is 11.8 Å². The van der Waals surface area contributed by atoms with Gasteiger partial charge in [0.25, 0.3) is 5.91 Å². The van der Waals surface area contributed by atoms with Crippen LogP contribution in [0.3, 0.4) is 0 Å². The number of nitrogens with zero attached hydrogens (tertiary/aromatic N) is 2. The van der Waals surface area contributed by atoms with Crippen LogP contribution in [0.5, 0.6) is 0 Å². The van der Waals surface area contributed by atoms with Crippen LogP contribution in [-0.4, -0.2) is 48.8 Å². The van der Waals surface area contributed by atoms with E-state index in [2.05, 4.69) is 10.2 Å². The third-order valence-corrected chi connectivity index (χ3v) is 5.60. The van der Waals surface area contributed by atoms with Crippen molar-refractivity contribution in [1.82, 2.24) is 15.1 Å². The summed E-state index contributed by atoms with van der Waals surface area (Å²) in [5.74, 6) is -0.529. The molecule has 1 aliphatic rings. The summed E-state index contributed by atoms with van der Waals surface area (Å²) in [6.45, 7) is 2.11. The summed E-state index contributed by atoms with van der Waals surface area (Å²) in [7, 11) is 4.02. The summed E-state index contributed by atoms with van der Waals surface area (Å²) in [5, 5.41) is 2.97. The maximum atomic E-state index is 12.7. The number of nitrogens with one attached hydrogen (secondary N) is 1. The van der Waals surface area contributed by atoms with Gasteiger partial charge in [-0.25, -0.2) is 0 Å². The lowest BCUT2D eigenvalue weighted by molar-refractivity contribution is -0.137. The Morgan fingerprint density at radius 3 is 2.06 bits per heavy atom. The molecule has 1 saturated heterocycles. The van der Waals surface area contributed by atoms with Gasteiger partial charge in [0.2, 0.25) is 5.91 Å². The Kier molecular flexibility index (Phi) is 7.56. The summed E-state index contributed by atoms with van der Waals surface area (Å²) in [6.07, 6.45) is -3.37. The molecule has 2 aromatic carbocycles. The first kappa shape index (κ1) is 23.8. The number of rotatable bonds is 6. The molecule has 0 bridgehead atoms. The number of piperidine rings is 1. The second kappa shape index (κ2) is 10.2. The van der Waals surface area contributed by atoms with E-state index in [0.717, 1.165) is 24.2 Å². The summed E-state index contributed by atoms with van der Waals surface area (Å²) < 4.78 is 38.1. The van der Waals surface area contributed by atoms with Crippen molar-refractivity contribution in [1.29, 1.82) is 0 Å². The zero-order valence-corrected chi connectivity index (χ0v) is 18.3. The Morgan fingerprint density at radius 2 is 1.53 bits per heavy atom. The van der Waals surface area contributed by atoms with Gasteiger partial charge in [-0.3, -0.25) is 9.59 Å². The Morgan fingerprint density at radius 1 is 0.969 bits per heavy atom. The average molecular weight is 448 g/mol. The quantitative estimate of drug-likeness (QED) is 0.730. The van der Waals surface area contributed by atoms with Gasteiger partial charge in [-0.1, -0.05) is 24.3 Å². The molecule has 8 heteroatoms. The van der Waals surface area contributed by atoms with E-state index >= 15 is 0 Å². The lowest BCUT2D eigenvalue weighted by Gasteiger charge is -2.31. The van der Waals surface area contributed by atoms with Crippen LogP contribution in [0.25, 0.3) is 0 Å². The van der Waals surface area contributed by atoms with Crippen LogP contribution in [-0.2, 0) is 24.1 Å². The van der Waals surface area contributed by atoms with Crippen molar-refractivity contribution < 1.29 is 22.8 Å². The minimum atomic E-state index is -4.43. The average Bonchev–Trinajstić information content (AvgIpc) is 2.77. The molecular formula is C24H28F3N3O2. The monoisotopic (exact) mass is 447 g/mol. The molecule has 0 unspecified atom stereocenters. The number of benzene rings is 2. The van der Waals surface area contributed by atoms with E-state index in [1.165, 1.54) is 17.7 Å². The van der Waals surface area contributed by atoms with Crippen LogP contribution in [0.2, 0.25) is 0 Å². The summed E-state index contributed by atoms with van der Waals surface area (Å²) in [6, 6.07) is 12.3. The standard InChI is InChI=1S/C24H28F3N3O2/c1-29(2)16-18-5-3-17(4-6-18)15-28-22(31)19-11-13-30(14-12-19)23(32)20-7-9-21(10-8-20)24(25,26)27/h3-10,19H,11-16H2,1-2H3,(H,28,31). The van der Waals surface area contributed by atoms with Crippen LogP contribution < -0.4 is 5.32 Å². The van der Waals surface area contributed by atoms with Crippen LogP contribution in [0.1, 0.15) is 39.9 Å². The lowest BCUT2D eigenvalue weighted by Crippen LogP contribution is -2.42. The van der Waals surface area contributed by atoms with E-state index in [0.29, 0.717) is 32.5 Å². The number of alkyl halides is 3. The Bertz CT molecular complexity index is 917. The van der Waals surface area contributed by atoms with Crippen LogP contribution in [0.4, 0.5) is 13.2 Å². The smallest absolute Gasteiger partial charge is 0.352 e. The zero-order chi connectivity index (χ0) is 23.3. The molecular weight excluding hydrogens is 419 g/mol. The van der Waals surface area contributed by atoms with Crippen molar-refractivity contribution in [2.24, 2.45) is 5.92 Å². The topological polar surface area (TPSA) is 52.7 Å². The van der Waals surface area contributed by atoms with Crippen LogP contribution in [0, 0.1) is 5.92 Å². The number of carbonyl (C=O) groups is 2. The van der Waals surface area contributed by atoms with Crippen molar-refractivity contribution in [3.63, 3.8) is 0 Å². The van der Waals surface area contributed by atoms with Crippen molar-refractivity contribution in [2.75, 3.05) is 27.2 Å². The van der Waals surface area contributed by atoms with E-state index < -0.39 is 11.7 Å². The van der Waals surface area contributed by atoms with E-state index in [1.807, 2.05) is 38.4 Å². The molecule has 5 nitrogen and oxygen atoms in total. The summed E-state index contributed by atoms with van der Waals surface area (Å²) >= 11 is 0. The van der Waals surface area contributed by atoms with Gasteiger partial charge in [0, 0.05) is 37.7 Å². The first-order valence-electron chi connectivity index (χ1n) is 10.6. The van der Waals surface area contributed by atoms with Gasteiger partial charge >= 0.3 is 6.18 Å². The van der Waals surface area contributed by atoms with Gasteiger partial charge < -0.3 is 15.1 Å². The summed E-state index contributed by atoms with van der Waals surface area (Å²) in [5.41, 5.74) is 1.67. The third-order valence-electron chi connectivity index (χ3n) is 5.60. The zero-order valence-electron chi connectivity index (χ0n) is 18.3. The maximum absolute atomic E-state index is 12.7. The third kappa shape index (κ3) is 6.32. The maximum Gasteiger partial charge on any atom is 0.416 e. The number of carbonyl (C=O) groups excluding carboxylic acids is 2. The second-order valence-corrected chi connectivity index (χ2v) is 8.41. The molecule has 32 heavy (non-hydrogen) atoms. The first-order valence-corrected chi connectivity index (χ1v) is 10.6. The molecule has 1 N–H and O–H groups in total. The van der Waals surface area contributed by atoms with E-state index in [9.17, 15) is 22.8 Å². The predicted octanol–water partition coefficient (Wildman–Crippen LogP) is 3.94. The largest absolute Gasteiger partial charge is 0.416 e. The van der Waals surface area contributed by atoms with Gasteiger partial charge in [0.05, 0.1) is 5.56 Å². The molecule has 0 spiro atoms. The fourth-order valence-electron chi connectivity index (χ4n) is 3.79. The molecule has 0 aliphatic carbocycles. The molecule has 172 valence electrons. The molecule has 0 saturated carbocycles. The highest BCUT2D eigenvalue weighted by atomic mass is 19.4. The predicted molar refractivity (Wildman–Crippen MR) is 116 cm³/mol.